The highest BCUT2D eigenvalue weighted by Gasteiger charge is 2.13. The number of benzene rings is 3. The van der Waals surface area contributed by atoms with Crippen molar-refractivity contribution in [3.63, 3.8) is 0 Å². The van der Waals surface area contributed by atoms with Gasteiger partial charge in [0.2, 0.25) is 0 Å². The SMILES string of the molecule is O=C(Nc1ccc2nc(Cc3ccccc3F)[nH]c2c1)c1ccccc1SCc1cscn1. The fourth-order valence-electron chi connectivity index (χ4n) is 3.49. The maximum atomic E-state index is 14.0. The minimum atomic E-state index is -0.253. The van der Waals surface area contributed by atoms with Gasteiger partial charge in [-0.15, -0.1) is 23.1 Å². The predicted molar refractivity (Wildman–Crippen MR) is 131 cm³/mol. The number of nitrogens with zero attached hydrogens (tertiary/aromatic N) is 2. The number of carbonyl (C=O) groups excluding carboxylic acids is 1. The lowest BCUT2D eigenvalue weighted by Crippen LogP contribution is -2.12. The number of aromatic nitrogens is 3. The summed E-state index contributed by atoms with van der Waals surface area (Å²) in [4.78, 5) is 26.0. The summed E-state index contributed by atoms with van der Waals surface area (Å²) >= 11 is 3.15. The van der Waals surface area contributed by atoms with Gasteiger partial charge in [-0.2, -0.15) is 0 Å². The highest BCUT2D eigenvalue weighted by molar-refractivity contribution is 7.98. The van der Waals surface area contributed by atoms with Crippen LogP contribution in [0.4, 0.5) is 10.1 Å². The number of imidazole rings is 1. The molecule has 33 heavy (non-hydrogen) atoms. The Morgan fingerprint density at radius 1 is 1.09 bits per heavy atom. The summed E-state index contributed by atoms with van der Waals surface area (Å²) in [6, 6.07) is 19.7. The first-order chi connectivity index (χ1) is 16.2. The van der Waals surface area contributed by atoms with Gasteiger partial charge in [-0.1, -0.05) is 30.3 Å². The number of nitrogens with one attached hydrogen (secondary N) is 2. The van der Waals surface area contributed by atoms with E-state index in [9.17, 15) is 9.18 Å². The minimum Gasteiger partial charge on any atom is -0.342 e. The van der Waals surface area contributed by atoms with Crippen molar-refractivity contribution >= 4 is 45.7 Å². The molecule has 0 saturated carbocycles. The van der Waals surface area contributed by atoms with Gasteiger partial charge in [-0.05, 0) is 42.0 Å². The summed E-state index contributed by atoms with van der Waals surface area (Å²) in [6.45, 7) is 0. The number of halogens is 1. The van der Waals surface area contributed by atoms with Crippen LogP contribution in [0.25, 0.3) is 11.0 Å². The van der Waals surface area contributed by atoms with Gasteiger partial charge in [-0.3, -0.25) is 4.79 Å². The number of anilines is 1. The van der Waals surface area contributed by atoms with Gasteiger partial charge in [0.05, 0.1) is 27.8 Å². The van der Waals surface area contributed by atoms with Crippen LogP contribution in [0.2, 0.25) is 0 Å². The minimum absolute atomic E-state index is 0.179. The summed E-state index contributed by atoms with van der Waals surface area (Å²) in [6.07, 6.45) is 0.368. The second kappa shape index (κ2) is 9.56. The van der Waals surface area contributed by atoms with Crippen LogP contribution in [0, 0.1) is 5.82 Å². The van der Waals surface area contributed by atoms with Gasteiger partial charge in [0, 0.05) is 28.1 Å². The van der Waals surface area contributed by atoms with E-state index in [1.165, 1.54) is 6.07 Å². The summed E-state index contributed by atoms with van der Waals surface area (Å²) in [5.41, 5.74) is 6.20. The standard InChI is InChI=1S/C25H19FN4OS2/c26-20-7-3-1-5-16(20)11-24-29-21-10-9-17(12-22(21)30-24)28-25(31)19-6-2-4-8-23(19)33-14-18-13-32-15-27-18/h1-10,12-13,15H,11,14H2,(H,28,31)(H,29,30). The van der Waals surface area contributed by atoms with Gasteiger partial charge < -0.3 is 10.3 Å². The molecule has 0 saturated heterocycles. The molecule has 0 bridgehead atoms. The molecule has 3 aromatic carbocycles. The zero-order valence-corrected chi connectivity index (χ0v) is 19.0. The monoisotopic (exact) mass is 474 g/mol. The zero-order chi connectivity index (χ0) is 22.6. The van der Waals surface area contributed by atoms with Crippen molar-refractivity contribution in [1.29, 1.82) is 0 Å². The number of amides is 1. The Morgan fingerprint density at radius 3 is 2.79 bits per heavy atom. The number of aromatic amines is 1. The topological polar surface area (TPSA) is 70.7 Å². The maximum absolute atomic E-state index is 14.0. The Labute approximate surface area is 198 Å². The van der Waals surface area contributed by atoms with E-state index >= 15 is 0 Å². The number of hydrogen-bond donors (Lipinski definition) is 2. The molecule has 5 aromatic rings. The van der Waals surface area contributed by atoms with E-state index in [2.05, 4.69) is 20.3 Å². The summed E-state index contributed by atoms with van der Waals surface area (Å²) in [5.74, 6) is 0.944. The van der Waals surface area contributed by atoms with E-state index < -0.39 is 0 Å². The molecule has 5 nitrogen and oxygen atoms in total. The van der Waals surface area contributed by atoms with Crippen LogP contribution in [0.15, 0.2) is 82.5 Å². The van der Waals surface area contributed by atoms with Crippen LogP contribution in [0.3, 0.4) is 0 Å². The molecule has 5 rings (SSSR count). The molecule has 0 aliphatic carbocycles. The fraction of sp³-hybridized carbons (Fsp3) is 0.0800. The summed E-state index contributed by atoms with van der Waals surface area (Å²) < 4.78 is 14.0. The molecule has 0 spiro atoms. The lowest BCUT2D eigenvalue weighted by Gasteiger charge is -2.09. The predicted octanol–water partition coefficient (Wildman–Crippen LogP) is 6.29. The molecule has 164 valence electrons. The van der Waals surface area contributed by atoms with Crippen LogP contribution < -0.4 is 5.32 Å². The van der Waals surface area contributed by atoms with Crippen molar-refractivity contribution in [1.82, 2.24) is 15.0 Å². The molecule has 2 heterocycles. The van der Waals surface area contributed by atoms with Crippen molar-refractivity contribution in [2.75, 3.05) is 5.32 Å². The first-order valence-corrected chi connectivity index (χ1v) is 12.2. The van der Waals surface area contributed by atoms with E-state index in [0.717, 1.165) is 21.6 Å². The Balaban J connectivity index is 1.32. The van der Waals surface area contributed by atoms with Crippen molar-refractivity contribution < 1.29 is 9.18 Å². The highest BCUT2D eigenvalue weighted by Crippen LogP contribution is 2.27. The van der Waals surface area contributed by atoms with Gasteiger partial charge >= 0.3 is 0 Å². The Hall–Kier alpha value is -3.49. The number of rotatable bonds is 7. The Bertz CT molecular complexity index is 1420. The second-order valence-electron chi connectivity index (χ2n) is 7.40. The van der Waals surface area contributed by atoms with E-state index in [0.29, 0.717) is 34.8 Å². The first-order valence-electron chi connectivity index (χ1n) is 10.3. The number of thioether (sulfide) groups is 1. The molecule has 0 fully saturated rings. The fourth-order valence-corrected chi connectivity index (χ4v) is 5.10. The summed E-state index contributed by atoms with van der Waals surface area (Å²) in [5, 5.41) is 4.99. The quantitative estimate of drug-likeness (QED) is 0.272. The molecule has 1 amide bonds. The molecule has 0 unspecified atom stereocenters. The first kappa shape index (κ1) is 21.4. The van der Waals surface area contributed by atoms with Crippen LogP contribution in [-0.2, 0) is 12.2 Å². The molecule has 0 radical (unpaired) electrons. The third-order valence-electron chi connectivity index (χ3n) is 5.10. The van der Waals surface area contributed by atoms with Crippen molar-refractivity contribution in [3.8, 4) is 0 Å². The van der Waals surface area contributed by atoms with Crippen LogP contribution >= 0.6 is 23.1 Å². The molecule has 0 aliphatic rings. The summed E-state index contributed by atoms with van der Waals surface area (Å²) in [7, 11) is 0. The van der Waals surface area contributed by atoms with Crippen LogP contribution in [0.5, 0.6) is 0 Å². The number of hydrogen-bond acceptors (Lipinski definition) is 5. The maximum Gasteiger partial charge on any atom is 0.256 e. The van der Waals surface area contributed by atoms with Gasteiger partial charge in [0.25, 0.3) is 5.91 Å². The van der Waals surface area contributed by atoms with E-state index in [1.807, 2.05) is 59.4 Å². The van der Waals surface area contributed by atoms with Gasteiger partial charge in [0.1, 0.15) is 11.6 Å². The Morgan fingerprint density at radius 2 is 1.94 bits per heavy atom. The van der Waals surface area contributed by atoms with Crippen molar-refractivity contribution in [2.45, 2.75) is 17.1 Å². The van der Waals surface area contributed by atoms with E-state index in [1.54, 1.807) is 35.2 Å². The van der Waals surface area contributed by atoms with Crippen molar-refractivity contribution in [3.05, 3.63) is 106 Å². The number of fused-ring (bicyclic) bond motifs is 1. The zero-order valence-electron chi connectivity index (χ0n) is 17.4. The van der Waals surface area contributed by atoms with Gasteiger partial charge in [0.15, 0.2) is 0 Å². The highest BCUT2D eigenvalue weighted by atomic mass is 32.2. The molecule has 0 atom stereocenters. The molecule has 0 aliphatic heterocycles. The second-order valence-corrected chi connectivity index (χ2v) is 9.14. The smallest absolute Gasteiger partial charge is 0.256 e. The van der Waals surface area contributed by atoms with Crippen LogP contribution in [0.1, 0.15) is 27.4 Å². The van der Waals surface area contributed by atoms with Crippen LogP contribution in [-0.4, -0.2) is 20.9 Å². The van der Waals surface area contributed by atoms with E-state index in [4.69, 9.17) is 0 Å². The number of thiazole rings is 1. The normalized spacial score (nSPS) is 11.1. The third-order valence-corrected chi connectivity index (χ3v) is 6.84. The molecule has 2 aromatic heterocycles. The molecule has 8 heteroatoms. The average molecular weight is 475 g/mol. The lowest BCUT2D eigenvalue weighted by molar-refractivity contribution is 0.102. The third kappa shape index (κ3) is 4.97. The lowest BCUT2D eigenvalue weighted by atomic mass is 10.1. The van der Waals surface area contributed by atoms with Crippen molar-refractivity contribution in [2.24, 2.45) is 0 Å². The van der Waals surface area contributed by atoms with Gasteiger partial charge in [-0.25, -0.2) is 14.4 Å². The molecule has 2 N–H and O–H groups in total. The number of carbonyl (C=O) groups is 1. The Kier molecular flexibility index (Phi) is 6.19. The van der Waals surface area contributed by atoms with E-state index in [-0.39, 0.29) is 11.7 Å². The average Bonchev–Trinajstić information content (AvgIpc) is 3.48. The largest absolute Gasteiger partial charge is 0.342 e. The molecular formula is C25H19FN4OS2. The number of H-pyrrole nitrogens is 1. The molecular weight excluding hydrogens is 455 g/mol.